The third-order valence-electron chi connectivity index (χ3n) is 6.68. The summed E-state index contributed by atoms with van der Waals surface area (Å²) in [5, 5.41) is 14.1. The standard InChI is InChI=1S/C24H25F2N7O2S/c1-2-33-11-6-18(16(13-33)19(34)30-24(7-8-24)23-27-9-3-10-28-23)29-20(35)22-32-31-21(36-22)15-5-4-14(25)12-17(15)26/h3-5,9-10,12,16,18H,2,6-8,11,13H2,1H3,(H,29,35)(H,30,34)/t16-,18-/m0/s1. The average molecular weight is 514 g/mol. The zero-order valence-corrected chi connectivity index (χ0v) is 20.4. The van der Waals surface area contributed by atoms with E-state index in [1.54, 1.807) is 18.5 Å². The van der Waals surface area contributed by atoms with E-state index in [0.29, 0.717) is 18.8 Å². The maximum atomic E-state index is 14.1. The van der Waals surface area contributed by atoms with Crippen molar-refractivity contribution >= 4 is 23.2 Å². The van der Waals surface area contributed by atoms with Gasteiger partial charge >= 0.3 is 0 Å². The van der Waals surface area contributed by atoms with Crippen LogP contribution in [-0.2, 0) is 10.3 Å². The molecular weight excluding hydrogens is 488 g/mol. The molecule has 5 rings (SSSR count). The number of benzene rings is 1. The number of piperidine rings is 1. The monoisotopic (exact) mass is 513 g/mol. The predicted octanol–water partition coefficient (Wildman–Crippen LogP) is 2.52. The number of aromatic nitrogens is 4. The Balaban J connectivity index is 1.30. The number of hydrogen-bond acceptors (Lipinski definition) is 8. The van der Waals surface area contributed by atoms with Crippen LogP contribution in [0, 0.1) is 17.6 Å². The van der Waals surface area contributed by atoms with Gasteiger partial charge in [-0.3, -0.25) is 9.59 Å². The van der Waals surface area contributed by atoms with E-state index in [-0.39, 0.29) is 21.5 Å². The van der Waals surface area contributed by atoms with Crippen LogP contribution in [0.5, 0.6) is 0 Å². The number of rotatable bonds is 7. The van der Waals surface area contributed by atoms with Crippen molar-refractivity contribution in [2.45, 2.75) is 37.8 Å². The zero-order valence-electron chi connectivity index (χ0n) is 19.6. The SMILES string of the molecule is CCN1CC[C@H](NC(=O)c2nnc(-c3ccc(F)cc3F)s2)[C@@H](C(=O)NC2(c3ncccn3)CC2)C1. The molecular formula is C24H25F2N7O2S. The molecule has 9 nitrogen and oxygen atoms in total. The smallest absolute Gasteiger partial charge is 0.282 e. The number of hydrogen-bond donors (Lipinski definition) is 2. The van der Waals surface area contributed by atoms with Gasteiger partial charge in [-0.15, -0.1) is 10.2 Å². The van der Waals surface area contributed by atoms with E-state index in [2.05, 4.69) is 35.7 Å². The summed E-state index contributed by atoms with van der Waals surface area (Å²) >= 11 is 0.910. The molecule has 2 atom stereocenters. The molecule has 2 N–H and O–H groups in total. The molecule has 0 radical (unpaired) electrons. The highest BCUT2D eigenvalue weighted by molar-refractivity contribution is 7.16. The molecule has 1 aliphatic carbocycles. The average Bonchev–Trinajstić information content (AvgIpc) is 3.49. The molecule has 12 heteroatoms. The maximum Gasteiger partial charge on any atom is 0.282 e. The predicted molar refractivity (Wildman–Crippen MR) is 128 cm³/mol. The second-order valence-corrected chi connectivity index (χ2v) is 10.0. The molecule has 0 unspecified atom stereocenters. The fourth-order valence-electron chi connectivity index (χ4n) is 4.47. The van der Waals surface area contributed by atoms with Crippen LogP contribution in [0.2, 0.25) is 0 Å². The van der Waals surface area contributed by atoms with E-state index in [4.69, 9.17) is 0 Å². The van der Waals surface area contributed by atoms with Gasteiger partial charge in [0.25, 0.3) is 5.91 Å². The largest absolute Gasteiger partial charge is 0.346 e. The molecule has 1 aliphatic heterocycles. The van der Waals surface area contributed by atoms with Crippen LogP contribution in [0.15, 0.2) is 36.7 Å². The fraction of sp³-hybridized carbons (Fsp3) is 0.417. The maximum absolute atomic E-state index is 14.1. The van der Waals surface area contributed by atoms with E-state index < -0.39 is 35.0 Å². The molecule has 0 spiro atoms. The van der Waals surface area contributed by atoms with E-state index >= 15 is 0 Å². The summed E-state index contributed by atoms with van der Waals surface area (Å²) in [6.45, 7) is 4.06. The Bertz CT molecular complexity index is 1270. The van der Waals surface area contributed by atoms with Crippen molar-refractivity contribution in [2.24, 2.45) is 5.92 Å². The van der Waals surface area contributed by atoms with E-state index in [1.807, 2.05) is 6.92 Å². The minimum Gasteiger partial charge on any atom is -0.346 e. The second-order valence-electron chi connectivity index (χ2n) is 9.05. The molecule has 2 fully saturated rings. The van der Waals surface area contributed by atoms with Gasteiger partial charge in [0.15, 0.2) is 10.8 Å². The summed E-state index contributed by atoms with van der Waals surface area (Å²) in [7, 11) is 0. The minimum atomic E-state index is -0.779. The summed E-state index contributed by atoms with van der Waals surface area (Å²) in [4.78, 5) is 37.3. The number of nitrogens with one attached hydrogen (secondary N) is 2. The van der Waals surface area contributed by atoms with Gasteiger partial charge in [-0.25, -0.2) is 18.7 Å². The van der Waals surface area contributed by atoms with Gasteiger partial charge in [0.1, 0.15) is 11.6 Å². The molecule has 1 aromatic carbocycles. The number of carbonyl (C=O) groups excluding carboxylic acids is 2. The molecule has 1 saturated carbocycles. The molecule has 2 aliphatic rings. The highest BCUT2D eigenvalue weighted by atomic mass is 32.1. The lowest BCUT2D eigenvalue weighted by Gasteiger charge is -2.38. The number of carbonyl (C=O) groups is 2. The fourth-order valence-corrected chi connectivity index (χ4v) is 5.24. The zero-order chi connectivity index (χ0) is 25.3. The lowest BCUT2D eigenvalue weighted by Crippen LogP contribution is -2.57. The molecule has 188 valence electrons. The first-order valence-electron chi connectivity index (χ1n) is 11.8. The molecule has 3 aromatic rings. The van der Waals surface area contributed by atoms with Crippen LogP contribution in [0.1, 0.15) is 41.8 Å². The van der Waals surface area contributed by atoms with E-state index in [1.165, 1.54) is 6.07 Å². The van der Waals surface area contributed by atoms with Crippen molar-refractivity contribution in [1.82, 2.24) is 35.7 Å². The van der Waals surface area contributed by atoms with Crippen molar-refractivity contribution < 1.29 is 18.4 Å². The Hall–Kier alpha value is -3.38. The van der Waals surface area contributed by atoms with Gasteiger partial charge < -0.3 is 15.5 Å². The highest BCUT2D eigenvalue weighted by Crippen LogP contribution is 2.44. The van der Waals surface area contributed by atoms with Crippen molar-refractivity contribution in [3.8, 4) is 10.6 Å². The number of halogens is 2. The summed E-state index contributed by atoms with van der Waals surface area (Å²) < 4.78 is 27.4. The van der Waals surface area contributed by atoms with Gasteiger partial charge in [-0.1, -0.05) is 18.3 Å². The molecule has 2 amide bonds. The third kappa shape index (κ3) is 4.96. The minimum absolute atomic E-state index is 0.0437. The number of likely N-dealkylation sites (tertiary alicyclic amines) is 1. The summed E-state index contributed by atoms with van der Waals surface area (Å²) in [6, 6.07) is 4.46. The second kappa shape index (κ2) is 9.94. The Kier molecular flexibility index (Phi) is 6.71. The van der Waals surface area contributed by atoms with Crippen molar-refractivity contribution in [1.29, 1.82) is 0 Å². The van der Waals surface area contributed by atoms with Gasteiger partial charge in [-0.2, -0.15) is 0 Å². The van der Waals surface area contributed by atoms with Crippen LogP contribution >= 0.6 is 11.3 Å². The lowest BCUT2D eigenvalue weighted by molar-refractivity contribution is -0.128. The quantitative estimate of drug-likeness (QED) is 0.499. The Morgan fingerprint density at radius 1 is 1.19 bits per heavy atom. The number of nitrogens with zero attached hydrogens (tertiary/aromatic N) is 5. The lowest BCUT2D eigenvalue weighted by atomic mass is 9.90. The van der Waals surface area contributed by atoms with Crippen molar-refractivity contribution in [2.75, 3.05) is 19.6 Å². The summed E-state index contributed by atoms with van der Waals surface area (Å²) in [6.07, 6.45) is 5.43. The molecule has 3 heterocycles. The summed E-state index contributed by atoms with van der Waals surface area (Å²) in [5.74, 6) is -2.01. The molecule has 36 heavy (non-hydrogen) atoms. The van der Waals surface area contributed by atoms with Crippen LogP contribution in [-0.4, -0.2) is 62.6 Å². The highest BCUT2D eigenvalue weighted by Gasteiger charge is 2.50. The van der Waals surface area contributed by atoms with E-state index in [9.17, 15) is 18.4 Å². The van der Waals surface area contributed by atoms with Crippen LogP contribution in [0.25, 0.3) is 10.6 Å². The van der Waals surface area contributed by atoms with Crippen LogP contribution < -0.4 is 10.6 Å². The normalized spacial score (nSPS) is 21.1. The number of amides is 2. The topological polar surface area (TPSA) is 113 Å². The van der Waals surface area contributed by atoms with Gasteiger partial charge in [0, 0.05) is 43.2 Å². The third-order valence-corrected chi connectivity index (χ3v) is 7.64. The molecule has 1 saturated heterocycles. The summed E-state index contributed by atoms with van der Waals surface area (Å²) in [5.41, 5.74) is -0.492. The molecule has 2 aromatic heterocycles. The van der Waals surface area contributed by atoms with Gasteiger partial charge in [-0.05, 0) is 44.0 Å². The Morgan fingerprint density at radius 2 is 1.97 bits per heavy atom. The Labute approximate surface area is 210 Å². The van der Waals surface area contributed by atoms with Gasteiger partial charge in [0.05, 0.1) is 11.5 Å². The van der Waals surface area contributed by atoms with Crippen molar-refractivity contribution in [3.05, 3.63) is 59.1 Å². The molecule has 0 bridgehead atoms. The first-order valence-corrected chi connectivity index (χ1v) is 12.6. The Morgan fingerprint density at radius 3 is 2.67 bits per heavy atom. The first-order chi connectivity index (χ1) is 17.4. The first kappa shape index (κ1) is 24.3. The van der Waals surface area contributed by atoms with Crippen molar-refractivity contribution in [3.63, 3.8) is 0 Å². The van der Waals surface area contributed by atoms with E-state index in [0.717, 1.165) is 49.4 Å². The van der Waals surface area contributed by atoms with Crippen LogP contribution in [0.3, 0.4) is 0 Å². The van der Waals surface area contributed by atoms with Crippen LogP contribution in [0.4, 0.5) is 8.78 Å². The van der Waals surface area contributed by atoms with Gasteiger partial charge in [0.2, 0.25) is 10.9 Å².